The summed E-state index contributed by atoms with van der Waals surface area (Å²) in [4.78, 5) is 4.03. The van der Waals surface area contributed by atoms with E-state index in [0.717, 1.165) is 11.6 Å². The third kappa shape index (κ3) is 3.11. The summed E-state index contributed by atoms with van der Waals surface area (Å²) in [7, 11) is 0. The molecule has 1 N–H and O–H groups in total. The van der Waals surface area contributed by atoms with Gasteiger partial charge < -0.3 is 5.32 Å². The van der Waals surface area contributed by atoms with Gasteiger partial charge in [0.15, 0.2) is 0 Å². The van der Waals surface area contributed by atoms with E-state index in [0.29, 0.717) is 12.1 Å². The minimum absolute atomic E-state index is 0.0585. The fourth-order valence-corrected chi connectivity index (χ4v) is 1.68. The maximum absolute atomic E-state index is 13.4. The van der Waals surface area contributed by atoms with E-state index >= 15 is 0 Å². The number of rotatable bonds is 4. The summed E-state index contributed by atoms with van der Waals surface area (Å²) in [6.45, 7) is 2.32. The second-order valence-electron chi connectivity index (χ2n) is 4.12. The van der Waals surface area contributed by atoms with Crippen LogP contribution >= 0.6 is 0 Å². The molecule has 2 nitrogen and oxygen atoms in total. The number of halogens is 2. The quantitative estimate of drug-likeness (QED) is 0.898. The van der Waals surface area contributed by atoms with E-state index in [1.165, 1.54) is 12.1 Å². The van der Waals surface area contributed by atoms with Gasteiger partial charge in [0.05, 0.1) is 0 Å². The van der Waals surface area contributed by atoms with Crippen molar-refractivity contribution in [2.75, 3.05) is 0 Å². The van der Waals surface area contributed by atoms with Crippen LogP contribution in [0.3, 0.4) is 0 Å². The van der Waals surface area contributed by atoms with Crippen molar-refractivity contribution in [2.45, 2.75) is 19.5 Å². The molecule has 1 aromatic carbocycles. The number of hydrogen-bond acceptors (Lipinski definition) is 2. The Labute approximate surface area is 105 Å². The lowest BCUT2D eigenvalue weighted by Crippen LogP contribution is -2.18. The van der Waals surface area contributed by atoms with Gasteiger partial charge in [-0.3, -0.25) is 4.98 Å². The molecule has 0 spiro atoms. The van der Waals surface area contributed by atoms with Crippen molar-refractivity contribution in [3.8, 4) is 0 Å². The fraction of sp³-hybridized carbons (Fsp3) is 0.214. The Bertz CT molecular complexity index is 514. The van der Waals surface area contributed by atoms with Gasteiger partial charge in [-0.1, -0.05) is 12.1 Å². The molecule has 0 saturated heterocycles. The van der Waals surface area contributed by atoms with Crippen LogP contribution < -0.4 is 5.32 Å². The second-order valence-corrected chi connectivity index (χ2v) is 4.12. The molecule has 18 heavy (non-hydrogen) atoms. The van der Waals surface area contributed by atoms with E-state index in [-0.39, 0.29) is 6.04 Å². The number of nitrogens with one attached hydrogen (secondary N) is 1. The highest BCUT2D eigenvalue weighted by Crippen LogP contribution is 2.13. The van der Waals surface area contributed by atoms with E-state index in [9.17, 15) is 8.78 Å². The molecule has 0 radical (unpaired) electrons. The largest absolute Gasteiger partial charge is 0.306 e. The lowest BCUT2D eigenvalue weighted by atomic mass is 10.1. The summed E-state index contributed by atoms with van der Waals surface area (Å²) >= 11 is 0. The zero-order chi connectivity index (χ0) is 13.0. The first kappa shape index (κ1) is 12.6. The Hall–Kier alpha value is -1.81. The van der Waals surface area contributed by atoms with E-state index < -0.39 is 11.6 Å². The summed E-state index contributed by atoms with van der Waals surface area (Å²) < 4.78 is 26.2. The summed E-state index contributed by atoms with van der Waals surface area (Å²) in [5.74, 6) is -1.09. The molecule has 0 amide bonds. The molecule has 4 heteroatoms. The first-order valence-corrected chi connectivity index (χ1v) is 5.74. The SMILES string of the molecule is C[C@@H](NCc1ccc(F)cc1F)c1cccnc1. The van der Waals surface area contributed by atoms with Crippen LogP contribution in [0.2, 0.25) is 0 Å². The van der Waals surface area contributed by atoms with Gasteiger partial charge in [-0.2, -0.15) is 0 Å². The van der Waals surface area contributed by atoms with Crippen LogP contribution in [0.5, 0.6) is 0 Å². The molecule has 0 unspecified atom stereocenters. The summed E-state index contributed by atoms with van der Waals surface area (Å²) in [6, 6.07) is 7.47. The highest BCUT2D eigenvalue weighted by molar-refractivity contribution is 5.19. The van der Waals surface area contributed by atoms with Crippen LogP contribution in [-0.2, 0) is 6.54 Å². The van der Waals surface area contributed by atoms with Crippen molar-refractivity contribution in [3.63, 3.8) is 0 Å². The van der Waals surface area contributed by atoms with Crippen LogP contribution in [0.15, 0.2) is 42.7 Å². The van der Waals surface area contributed by atoms with E-state index in [1.54, 1.807) is 12.4 Å². The van der Waals surface area contributed by atoms with E-state index in [4.69, 9.17) is 0 Å². The zero-order valence-electron chi connectivity index (χ0n) is 10.0. The van der Waals surface area contributed by atoms with Crippen molar-refractivity contribution in [3.05, 3.63) is 65.5 Å². The van der Waals surface area contributed by atoms with Gasteiger partial charge in [-0.15, -0.1) is 0 Å². The predicted molar refractivity (Wildman–Crippen MR) is 65.8 cm³/mol. The van der Waals surface area contributed by atoms with Crippen molar-refractivity contribution in [1.82, 2.24) is 10.3 Å². The van der Waals surface area contributed by atoms with Crippen molar-refractivity contribution in [1.29, 1.82) is 0 Å². The Balaban J connectivity index is 1.99. The van der Waals surface area contributed by atoms with Crippen LogP contribution in [0.25, 0.3) is 0 Å². The Kier molecular flexibility index (Phi) is 3.99. The smallest absolute Gasteiger partial charge is 0.130 e. The predicted octanol–water partition coefficient (Wildman–Crippen LogP) is 3.21. The topological polar surface area (TPSA) is 24.9 Å². The van der Waals surface area contributed by atoms with Crippen molar-refractivity contribution < 1.29 is 8.78 Å². The minimum atomic E-state index is -0.559. The molecule has 94 valence electrons. The zero-order valence-corrected chi connectivity index (χ0v) is 10.0. The fourth-order valence-electron chi connectivity index (χ4n) is 1.68. The molecule has 0 bridgehead atoms. The molecular weight excluding hydrogens is 234 g/mol. The molecule has 1 heterocycles. The normalized spacial score (nSPS) is 12.4. The first-order valence-electron chi connectivity index (χ1n) is 5.74. The molecule has 0 aliphatic carbocycles. The molecule has 1 atom stereocenters. The molecule has 2 aromatic rings. The number of pyridine rings is 1. The summed E-state index contributed by atoms with van der Waals surface area (Å²) in [6.07, 6.45) is 3.47. The third-order valence-electron chi connectivity index (χ3n) is 2.80. The molecule has 2 rings (SSSR count). The van der Waals surface area contributed by atoms with Crippen LogP contribution in [0, 0.1) is 11.6 Å². The van der Waals surface area contributed by atoms with Gasteiger partial charge in [0.2, 0.25) is 0 Å². The van der Waals surface area contributed by atoms with Crippen LogP contribution in [0.4, 0.5) is 8.78 Å². The number of nitrogens with zero attached hydrogens (tertiary/aromatic N) is 1. The maximum atomic E-state index is 13.4. The van der Waals surface area contributed by atoms with Crippen molar-refractivity contribution in [2.24, 2.45) is 0 Å². The van der Waals surface area contributed by atoms with E-state index in [1.807, 2.05) is 19.1 Å². The Morgan fingerprint density at radius 3 is 2.78 bits per heavy atom. The summed E-state index contributed by atoms with van der Waals surface area (Å²) in [5, 5.41) is 3.17. The highest BCUT2D eigenvalue weighted by Gasteiger charge is 2.07. The van der Waals surface area contributed by atoms with Crippen LogP contribution in [-0.4, -0.2) is 4.98 Å². The molecule has 0 aliphatic heterocycles. The van der Waals surface area contributed by atoms with E-state index in [2.05, 4.69) is 10.3 Å². The number of aromatic nitrogens is 1. The standard InChI is InChI=1S/C14H14F2N2/c1-10(11-3-2-6-17-8-11)18-9-12-4-5-13(15)7-14(12)16/h2-8,10,18H,9H2,1H3/t10-/m1/s1. The van der Waals surface area contributed by atoms with Crippen LogP contribution in [0.1, 0.15) is 24.1 Å². The lowest BCUT2D eigenvalue weighted by Gasteiger charge is -2.14. The monoisotopic (exact) mass is 248 g/mol. The first-order chi connectivity index (χ1) is 8.66. The molecule has 0 saturated carbocycles. The van der Waals surface area contributed by atoms with Crippen molar-refractivity contribution >= 4 is 0 Å². The van der Waals surface area contributed by atoms with Gasteiger partial charge in [0, 0.05) is 36.6 Å². The minimum Gasteiger partial charge on any atom is -0.306 e. The van der Waals surface area contributed by atoms with Gasteiger partial charge in [-0.25, -0.2) is 8.78 Å². The maximum Gasteiger partial charge on any atom is 0.130 e. The number of benzene rings is 1. The average molecular weight is 248 g/mol. The molecule has 0 aliphatic rings. The molecule has 1 aromatic heterocycles. The van der Waals surface area contributed by atoms with Gasteiger partial charge >= 0.3 is 0 Å². The Morgan fingerprint density at radius 2 is 2.11 bits per heavy atom. The molecular formula is C14H14F2N2. The summed E-state index contributed by atoms with van der Waals surface area (Å²) in [5.41, 5.74) is 1.48. The lowest BCUT2D eigenvalue weighted by molar-refractivity contribution is 0.533. The average Bonchev–Trinajstić information content (AvgIpc) is 2.38. The number of hydrogen-bond donors (Lipinski definition) is 1. The Morgan fingerprint density at radius 1 is 1.28 bits per heavy atom. The second kappa shape index (κ2) is 5.69. The third-order valence-corrected chi connectivity index (χ3v) is 2.80. The molecule has 0 fully saturated rings. The van der Waals surface area contributed by atoms with Gasteiger partial charge in [0.25, 0.3) is 0 Å². The highest BCUT2D eigenvalue weighted by atomic mass is 19.1. The van der Waals surface area contributed by atoms with Gasteiger partial charge in [0.1, 0.15) is 11.6 Å². The van der Waals surface area contributed by atoms with Gasteiger partial charge in [-0.05, 0) is 24.6 Å².